The van der Waals surface area contributed by atoms with Gasteiger partial charge in [-0.05, 0) is 27.9 Å². The van der Waals surface area contributed by atoms with Crippen molar-refractivity contribution in [2.75, 3.05) is 19.8 Å². The van der Waals surface area contributed by atoms with Crippen LogP contribution in [-0.2, 0) is 17.8 Å². The van der Waals surface area contributed by atoms with E-state index in [0.29, 0.717) is 5.16 Å². The molecule has 0 aromatic carbocycles. The van der Waals surface area contributed by atoms with E-state index in [1.807, 2.05) is 25.6 Å². The van der Waals surface area contributed by atoms with Gasteiger partial charge >= 0.3 is 5.97 Å². The largest absolute Gasteiger partial charge is 0.481 e. The molecule has 0 fully saturated rings. The first-order valence-corrected chi connectivity index (χ1v) is 7.20. The first kappa shape index (κ1) is 16.0. The van der Waals surface area contributed by atoms with E-state index in [1.54, 1.807) is 0 Å². The van der Waals surface area contributed by atoms with Crippen molar-refractivity contribution in [2.45, 2.75) is 44.4 Å². The summed E-state index contributed by atoms with van der Waals surface area (Å²) in [6.07, 6.45) is 0.782. The van der Waals surface area contributed by atoms with E-state index in [1.165, 1.54) is 11.8 Å². The van der Waals surface area contributed by atoms with Gasteiger partial charge < -0.3 is 14.6 Å². The van der Waals surface area contributed by atoms with Gasteiger partial charge in [0.15, 0.2) is 5.16 Å². The number of likely N-dealkylation sites (N-methyl/N-ethyl adjacent to an activating group) is 1. The minimum atomic E-state index is -0.843. The molecule has 1 aromatic heterocycles. The van der Waals surface area contributed by atoms with Gasteiger partial charge in [0.2, 0.25) is 0 Å². The smallest absolute Gasteiger partial charge is 0.313 e. The number of rotatable bonds is 7. The zero-order valence-corrected chi connectivity index (χ0v) is 13.0. The molecular weight excluding hydrogens is 264 g/mol. The van der Waals surface area contributed by atoms with Crippen LogP contribution in [0.4, 0.5) is 0 Å². The maximum Gasteiger partial charge on any atom is 0.313 e. The molecule has 1 rings (SSSR count). The van der Waals surface area contributed by atoms with Gasteiger partial charge in [-0.25, -0.2) is 0 Å². The molecule has 1 aromatic rings. The third-order valence-corrected chi connectivity index (χ3v) is 4.14. The van der Waals surface area contributed by atoms with E-state index in [2.05, 4.69) is 28.9 Å². The summed E-state index contributed by atoms with van der Waals surface area (Å²) in [4.78, 5) is 12.8. The number of thioether (sulfide) groups is 1. The standard InChI is InChI=1S/C12H22N4O2S/c1-6-9-13-14-11(19-7-10(17)18)16(9)8-12(2,3)15(4)5/h6-8H2,1-5H3,(H,17,18). The minimum absolute atomic E-state index is 0.00421. The van der Waals surface area contributed by atoms with Crippen molar-refractivity contribution in [1.29, 1.82) is 0 Å². The highest BCUT2D eigenvalue weighted by molar-refractivity contribution is 7.99. The molecule has 0 saturated carbocycles. The van der Waals surface area contributed by atoms with Crippen LogP contribution in [0, 0.1) is 0 Å². The van der Waals surface area contributed by atoms with Crippen molar-refractivity contribution < 1.29 is 9.90 Å². The molecule has 0 unspecified atom stereocenters. The van der Waals surface area contributed by atoms with Crippen LogP contribution in [0.3, 0.4) is 0 Å². The van der Waals surface area contributed by atoms with Crippen molar-refractivity contribution in [3.63, 3.8) is 0 Å². The number of hydrogen-bond acceptors (Lipinski definition) is 5. The van der Waals surface area contributed by atoms with Crippen molar-refractivity contribution in [2.24, 2.45) is 0 Å². The van der Waals surface area contributed by atoms with Gasteiger partial charge in [-0.15, -0.1) is 10.2 Å². The lowest BCUT2D eigenvalue weighted by atomic mass is 10.0. The summed E-state index contributed by atoms with van der Waals surface area (Å²) in [5.41, 5.74) is -0.0508. The highest BCUT2D eigenvalue weighted by Crippen LogP contribution is 2.22. The number of carboxylic acid groups (broad SMARTS) is 1. The lowest BCUT2D eigenvalue weighted by Gasteiger charge is -2.33. The first-order valence-electron chi connectivity index (χ1n) is 6.22. The second-order valence-electron chi connectivity index (χ2n) is 5.23. The molecule has 0 saturated heterocycles. The second kappa shape index (κ2) is 6.38. The Hall–Kier alpha value is -1.08. The van der Waals surface area contributed by atoms with Crippen LogP contribution in [0.1, 0.15) is 26.6 Å². The fourth-order valence-corrected chi connectivity index (χ4v) is 2.18. The number of carbonyl (C=O) groups is 1. The summed E-state index contributed by atoms with van der Waals surface area (Å²) in [5, 5.41) is 17.7. The van der Waals surface area contributed by atoms with Crippen LogP contribution in [-0.4, -0.2) is 56.1 Å². The Morgan fingerprint density at radius 1 is 1.42 bits per heavy atom. The zero-order chi connectivity index (χ0) is 14.6. The van der Waals surface area contributed by atoms with Crippen molar-refractivity contribution in [3.8, 4) is 0 Å². The quantitative estimate of drug-likeness (QED) is 0.763. The van der Waals surface area contributed by atoms with Crippen LogP contribution >= 0.6 is 11.8 Å². The maximum absolute atomic E-state index is 10.7. The molecule has 0 atom stereocenters. The third kappa shape index (κ3) is 4.21. The van der Waals surface area contributed by atoms with Crippen LogP contribution in [0.15, 0.2) is 5.16 Å². The zero-order valence-electron chi connectivity index (χ0n) is 12.2. The van der Waals surface area contributed by atoms with Crippen molar-refractivity contribution in [3.05, 3.63) is 5.82 Å². The molecule has 0 aliphatic rings. The number of aryl methyl sites for hydroxylation is 1. The van der Waals surface area contributed by atoms with Crippen molar-refractivity contribution >= 4 is 17.7 Å². The van der Waals surface area contributed by atoms with Gasteiger partial charge in [-0.3, -0.25) is 4.79 Å². The highest BCUT2D eigenvalue weighted by Gasteiger charge is 2.24. The lowest BCUT2D eigenvalue weighted by molar-refractivity contribution is -0.133. The van der Waals surface area contributed by atoms with E-state index in [-0.39, 0.29) is 11.3 Å². The molecular formula is C12H22N4O2S. The molecule has 1 N–H and O–H groups in total. The Labute approximate surface area is 118 Å². The van der Waals surface area contributed by atoms with Gasteiger partial charge in [-0.1, -0.05) is 18.7 Å². The second-order valence-corrected chi connectivity index (χ2v) is 6.17. The summed E-state index contributed by atoms with van der Waals surface area (Å²) in [6.45, 7) is 7.03. The first-order chi connectivity index (χ1) is 8.77. The van der Waals surface area contributed by atoms with Gasteiger partial charge in [0, 0.05) is 18.5 Å². The molecule has 19 heavy (non-hydrogen) atoms. The highest BCUT2D eigenvalue weighted by atomic mass is 32.2. The van der Waals surface area contributed by atoms with Gasteiger partial charge in [0.05, 0.1) is 5.75 Å². The van der Waals surface area contributed by atoms with E-state index in [0.717, 1.165) is 18.8 Å². The van der Waals surface area contributed by atoms with Crippen LogP contribution in [0.2, 0.25) is 0 Å². The molecule has 0 aliphatic heterocycles. The SMILES string of the molecule is CCc1nnc(SCC(=O)O)n1CC(C)(C)N(C)C. The molecule has 0 aliphatic carbocycles. The fourth-order valence-electron chi connectivity index (χ4n) is 1.50. The Balaban J connectivity index is 2.96. The predicted octanol–water partition coefficient (Wildman–Crippen LogP) is 1.36. The maximum atomic E-state index is 10.7. The summed E-state index contributed by atoms with van der Waals surface area (Å²) in [5.74, 6) is 0.0526. The topological polar surface area (TPSA) is 71.2 Å². The molecule has 0 amide bonds. The monoisotopic (exact) mass is 286 g/mol. The molecule has 1 heterocycles. The number of aromatic nitrogens is 3. The van der Waals surface area contributed by atoms with E-state index < -0.39 is 5.97 Å². The van der Waals surface area contributed by atoms with E-state index >= 15 is 0 Å². The molecule has 0 spiro atoms. The van der Waals surface area contributed by atoms with Crippen LogP contribution in [0.25, 0.3) is 0 Å². The van der Waals surface area contributed by atoms with Gasteiger partial charge in [0.25, 0.3) is 0 Å². The summed E-state index contributed by atoms with van der Waals surface area (Å²) in [7, 11) is 4.06. The summed E-state index contributed by atoms with van der Waals surface area (Å²) in [6, 6.07) is 0. The Kier molecular flexibility index (Phi) is 5.37. The minimum Gasteiger partial charge on any atom is -0.481 e. The van der Waals surface area contributed by atoms with E-state index in [9.17, 15) is 4.79 Å². The summed E-state index contributed by atoms with van der Waals surface area (Å²) < 4.78 is 2.02. The third-order valence-electron chi connectivity index (χ3n) is 3.19. The fraction of sp³-hybridized carbons (Fsp3) is 0.750. The van der Waals surface area contributed by atoms with E-state index in [4.69, 9.17) is 5.11 Å². The number of hydrogen-bond donors (Lipinski definition) is 1. The average molecular weight is 286 g/mol. The number of nitrogens with zero attached hydrogens (tertiary/aromatic N) is 4. The number of carboxylic acids is 1. The predicted molar refractivity (Wildman–Crippen MR) is 75.5 cm³/mol. The Morgan fingerprint density at radius 2 is 2.05 bits per heavy atom. The Morgan fingerprint density at radius 3 is 2.53 bits per heavy atom. The number of aliphatic carboxylic acids is 1. The summed E-state index contributed by atoms with van der Waals surface area (Å²) >= 11 is 1.22. The van der Waals surface area contributed by atoms with Gasteiger partial charge in [0.1, 0.15) is 5.82 Å². The lowest BCUT2D eigenvalue weighted by Crippen LogP contribution is -2.42. The van der Waals surface area contributed by atoms with Crippen LogP contribution < -0.4 is 0 Å². The van der Waals surface area contributed by atoms with Gasteiger partial charge in [-0.2, -0.15) is 0 Å². The molecule has 0 radical (unpaired) electrons. The normalized spacial score (nSPS) is 12.1. The molecule has 108 valence electrons. The molecule has 7 heteroatoms. The molecule has 0 bridgehead atoms. The van der Waals surface area contributed by atoms with Crippen molar-refractivity contribution in [1.82, 2.24) is 19.7 Å². The average Bonchev–Trinajstić information content (AvgIpc) is 2.67. The molecule has 6 nitrogen and oxygen atoms in total. The Bertz CT molecular complexity index is 443. The van der Waals surface area contributed by atoms with Crippen LogP contribution in [0.5, 0.6) is 0 Å².